The monoisotopic (exact) mass is 2260 g/mol. The molecule has 42 heteroatoms. The Morgan fingerprint density at radius 3 is 1.02 bits per heavy atom. The molecule has 4 amide bonds. The number of pyridine rings is 4. The van der Waals surface area contributed by atoms with E-state index in [0.29, 0.717) is 156 Å². The summed E-state index contributed by atoms with van der Waals surface area (Å²) in [5, 5.41) is 27.4. The van der Waals surface area contributed by atoms with Gasteiger partial charge in [-0.05, 0) is 211 Å². The summed E-state index contributed by atoms with van der Waals surface area (Å²) in [6.45, 7) is 34.2. The topological polar surface area (TPSA) is 396 Å². The summed E-state index contributed by atoms with van der Waals surface area (Å²) in [5.41, 5.74) is 6.25. The second kappa shape index (κ2) is 42.8. The zero-order valence-electron chi connectivity index (χ0n) is 84.1. The molecule has 0 saturated carbocycles. The van der Waals surface area contributed by atoms with E-state index >= 15 is 0 Å². The summed E-state index contributed by atoms with van der Waals surface area (Å²) < 4.78 is 87.5. The first-order chi connectivity index (χ1) is 70.5. The molecule has 16 heterocycles. The highest BCUT2D eigenvalue weighted by Crippen LogP contribution is 2.48. The van der Waals surface area contributed by atoms with E-state index in [1.165, 1.54) is 47.4 Å². The number of carbonyl (C=O) groups excluding carboxylic acids is 6. The lowest BCUT2D eigenvalue weighted by Gasteiger charge is -2.21. The standard InChI is InChI=1S/C32H37FN6O4Si.C27H30FIN6O2Si.C26H23FN6O3.C21H16FIN6O/c1-7-43-25(40)15-14-24-26-30(38(31(41)32(26,2)3)20-42-17-18-44(4,5)6)36-28(35-24)27-22-12-10-16-34-29(22)39(37-27)19-21-11-8-9-13-23(21)33;1-27(2)20-22(29)31-23(32-25(20)34(26(27)36)16-37-13-14-38(3,4)5)21-18-10-8-12-30-24(18)35(33-21)15-17-9-6-7-11-19(17)28;1-4-36-19(34)12-11-18-20-22(31-25(35)26(20,2)3)30-23(29-18)21-16-9-7-13-28-24(16)33(32-21)14-15-8-5-6-10-17(15)27;1-21(2)14-16(23)25-18(26-17(14)27-20(21)30)15-12-7-5-9-24-19(12)29(28-15)10-11-6-3-4-8-13(11)22/h8-16H,7,17-20H2,1-6H3;6-12H,13-16H2,1-5H3;5-13H,4,14H2,1-3H3,(H,29,30,31,35);3-9H,10H2,1-2H3,(H,25,26,27,30)/b15-14+;;12-11+;. The average molecular weight is 2260 g/mol. The van der Waals surface area contributed by atoms with Crippen LogP contribution in [0.5, 0.6) is 0 Å². The molecule has 2 N–H and O–H groups in total. The molecule has 0 unspecified atom stereocenters. The number of fused-ring (bicyclic) bond motifs is 8. The number of benzene rings is 4. The Balaban J connectivity index is 0.000000136. The van der Waals surface area contributed by atoms with Gasteiger partial charge in [-0.15, -0.1) is 0 Å². The van der Waals surface area contributed by atoms with Gasteiger partial charge in [0.2, 0.25) is 23.6 Å². The number of aromatic nitrogens is 20. The smallest absolute Gasteiger partial charge is 0.330 e. The van der Waals surface area contributed by atoms with Crippen LogP contribution in [0.1, 0.15) is 125 Å². The normalized spacial score (nSPS) is 14.6. The van der Waals surface area contributed by atoms with Crippen molar-refractivity contribution in [3.8, 4) is 46.1 Å². The molecule has 16 aromatic rings. The molecule has 4 aliphatic rings. The average Bonchev–Trinajstić information content (AvgIpc) is 1.58. The van der Waals surface area contributed by atoms with Crippen LogP contribution < -0.4 is 20.4 Å². The summed E-state index contributed by atoms with van der Waals surface area (Å²) in [6.07, 6.45) is 12.2. The van der Waals surface area contributed by atoms with Crippen molar-refractivity contribution >= 4 is 176 Å². The largest absolute Gasteiger partial charge is 0.463 e. The molecular formula is C106H106F4I2N24O10Si2. The molecule has 760 valence electrons. The highest BCUT2D eigenvalue weighted by molar-refractivity contribution is 14.1. The molecule has 20 rings (SSSR count). The van der Waals surface area contributed by atoms with Crippen molar-refractivity contribution < 1.29 is 65.3 Å². The maximum atomic E-state index is 14.6. The Morgan fingerprint density at radius 1 is 0.378 bits per heavy atom. The molecular weight excluding hydrogens is 2160 g/mol. The highest BCUT2D eigenvalue weighted by atomic mass is 127. The van der Waals surface area contributed by atoms with Crippen LogP contribution in [0.25, 0.3) is 102 Å². The van der Waals surface area contributed by atoms with E-state index in [4.69, 9.17) is 49.1 Å². The maximum absolute atomic E-state index is 14.6. The molecule has 4 aliphatic heterocycles. The Morgan fingerprint density at radius 2 is 0.676 bits per heavy atom. The number of hydrogen-bond acceptors (Lipinski definition) is 26. The Bertz CT molecular complexity index is 8000. The summed E-state index contributed by atoms with van der Waals surface area (Å²) in [5.74, 6) is 0.0834. The van der Waals surface area contributed by atoms with Crippen LogP contribution >= 0.6 is 45.2 Å². The van der Waals surface area contributed by atoms with E-state index in [1.54, 1.807) is 167 Å². The molecule has 4 aromatic carbocycles. The molecule has 0 saturated heterocycles. The molecule has 0 bridgehead atoms. The van der Waals surface area contributed by atoms with Gasteiger partial charge in [-0.1, -0.05) is 112 Å². The van der Waals surface area contributed by atoms with Gasteiger partial charge in [0.25, 0.3) is 0 Å². The quantitative estimate of drug-likeness (QED) is 0.00874. The minimum absolute atomic E-state index is 0.0290. The van der Waals surface area contributed by atoms with Gasteiger partial charge in [0.05, 0.1) is 94.0 Å². The van der Waals surface area contributed by atoms with Gasteiger partial charge in [0.1, 0.15) is 90.2 Å². The zero-order chi connectivity index (χ0) is 105. The molecule has 0 spiro atoms. The van der Waals surface area contributed by atoms with Crippen molar-refractivity contribution in [1.29, 1.82) is 0 Å². The van der Waals surface area contributed by atoms with Crippen LogP contribution in [-0.2, 0) is 95.6 Å². The molecule has 0 radical (unpaired) electrons. The van der Waals surface area contributed by atoms with E-state index in [1.807, 2.05) is 77.9 Å². The van der Waals surface area contributed by atoms with Crippen molar-refractivity contribution in [3.63, 3.8) is 0 Å². The van der Waals surface area contributed by atoms with Gasteiger partial charge in [0, 0.05) is 111 Å². The zero-order valence-corrected chi connectivity index (χ0v) is 90.5. The van der Waals surface area contributed by atoms with Crippen LogP contribution in [0.3, 0.4) is 0 Å². The van der Waals surface area contributed by atoms with Gasteiger partial charge >= 0.3 is 11.9 Å². The van der Waals surface area contributed by atoms with Crippen LogP contribution in [0.4, 0.5) is 40.8 Å². The number of halogens is 6. The predicted molar refractivity (Wildman–Crippen MR) is 575 cm³/mol. The molecule has 12 aromatic heterocycles. The highest BCUT2D eigenvalue weighted by Gasteiger charge is 2.51. The maximum Gasteiger partial charge on any atom is 0.330 e. The van der Waals surface area contributed by atoms with Crippen molar-refractivity contribution in [3.05, 3.63) is 269 Å². The van der Waals surface area contributed by atoms with E-state index in [9.17, 15) is 46.3 Å². The van der Waals surface area contributed by atoms with E-state index in [2.05, 4.69) is 145 Å². The third-order valence-electron chi connectivity index (χ3n) is 25.5. The first kappa shape index (κ1) is 105. The first-order valence-electron chi connectivity index (χ1n) is 47.9. The number of anilines is 4. The van der Waals surface area contributed by atoms with Crippen molar-refractivity contribution in [2.24, 2.45) is 0 Å². The Hall–Kier alpha value is -14.5. The Kier molecular flexibility index (Phi) is 30.3. The summed E-state index contributed by atoms with van der Waals surface area (Å²) >= 11 is 4.29. The number of amides is 4. The third kappa shape index (κ3) is 21.7. The van der Waals surface area contributed by atoms with Crippen LogP contribution in [0.15, 0.2) is 183 Å². The minimum Gasteiger partial charge on any atom is -0.463 e. The molecule has 148 heavy (non-hydrogen) atoms. The minimum atomic E-state index is -1.34. The fraction of sp³-hybridized carbons (Fsp3) is 0.302. The number of nitrogens with one attached hydrogen (secondary N) is 2. The van der Waals surface area contributed by atoms with Gasteiger partial charge < -0.3 is 29.6 Å². The molecule has 0 atom stereocenters. The van der Waals surface area contributed by atoms with Crippen molar-refractivity contribution in [2.45, 2.75) is 168 Å². The van der Waals surface area contributed by atoms with E-state index < -0.39 is 49.7 Å². The molecule has 0 fully saturated rings. The predicted octanol–water partition coefficient (Wildman–Crippen LogP) is 19.0. The van der Waals surface area contributed by atoms with Crippen LogP contribution in [0, 0.1) is 30.7 Å². The lowest BCUT2D eigenvalue weighted by Crippen LogP contribution is -2.38. The second-order valence-electron chi connectivity index (χ2n) is 40.0. The SMILES string of the molecule is CC1(C)C(=O)N(COCC[Si](C)(C)C)c2nc(-c3nn(Cc4ccccc4F)c4ncccc34)nc(I)c21.CC1(C)C(=O)Nc2nc(-c3nn(Cc4ccccc4F)c4ncccc34)nc(I)c21.CCOC(=O)/C=C/c1nc(-c2nn(Cc3ccccc3F)c3ncccc23)nc2c1C(C)(C)C(=O)N2.CCOC(=O)/C=C/c1nc(-c2nn(Cc3ccccc3F)c3ncccc23)nc2c1C(C)(C)C(=O)N2COCC[Si](C)(C)C. The van der Waals surface area contributed by atoms with Gasteiger partial charge in [-0.2, -0.15) is 20.4 Å². The molecule has 0 aliphatic carbocycles. The fourth-order valence-electron chi connectivity index (χ4n) is 17.5. The van der Waals surface area contributed by atoms with Gasteiger partial charge in [0.15, 0.2) is 45.9 Å². The summed E-state index contributed by atoms with van der Waals surface area (Å²) in [6, 6.07) is 42.8. The van der Waals surface area contributed by atoms with E-state index in [0.717, 1.165) is 34.0 Å². The van der Waals surface area contributed by atoms with Crippen LogP contribution in [0.2, 0.25) is 51.4 Å². The first-order valence-corrected chi connectivity index (χ1v) is 57.4. The van der Waals surface area contributed by atoms with Crippen molar-refractivity contribution in [1.82, 2.24) is 98.9 Å². The number of carbonyl (C=O) groups is 6. The second-order valence-corrected chi connectivity index (χ2v) is 53.3. The lowest BCUT2D eigenvalue weighted by atomic mass is 9.85. The number of rotatable bonds is 28. The third-order valence-corrected chi connectivity index (χ3v) is 30.5. The van der Waals surface area contributed by atoms with E-state index in [-0.39, 0.29) is 111 Å². The lowest BCUT2D eigenvalue weighted by molar-refractivity contribution is -0.138. The van der Waals surface area contributed by atoms with Gasteiger partial charge in [-0.25, -0.2) is 106 Å². The Labute approximate surface area is 878 Å². The van der Waals surface area contributed by atoms with Gasteiger partial charge in [-0.3, -0.25) is 29.0 Å². The van der Waals surface area contributed by atoms with Crippen molar-refractivity contribution in [2.75, 3.05) is 60.3 Å². The molecule has 34 nitrogen and oxygen atoms in total. The number of nitrogens with zero attached hydrogens (tertiary/aromatic N) is 22. The van der Waals surface area contributed by atoms with Crippen LogP contribution in [-0.4, -0.2) is 191 Å². The number of ether oxygens (including phenoxy) is 4. The number of esters is 2. The summed E-state index contributed by atoms with van der Waals surface area (Å²) in [7, 11) is -2.61. The number of hydrogen-bond donors (Lipinski definition) is 2. The summed E-state index contributed by atoms with van der Waals surface area (Å²) in [4.78, 5) is 135. The fourth-order valence-corrected chi connectivity index (χ4v) is 21.3.